The predicted molar refractivity (Wildman–Crippen MR) is 73.5 cm³/mol. The van der Waals surface area contributed by atoms with E-state index in [4.69, 9.17) is 4.84 Å². The summed E-state index contributed by atoms with van der Waals surface area (Å²) < 4.78 is 27.1. The second-order valence-corrected chi connectivity index (χ2v) is 6.34. The standard InChI is InChI=1S/C15H20F2N2O/c1-10(2)20-19-8-15(9-19)6-18(7-15)12-4-13(16)11(3)14(17)5-12/h4-5,10H,6-9H2,1-3H3. The van der Waals surface area contributed by atoms with Gasteiger partial charge in [-0.1, -0.05) is 0 Å². The Morgan fingerprint density at radius 3 is 2.15 bits per heavy atom. The fraction of sp³-hybridized carbons (Fsp3) is 0.600. The van der Waals surface area contributed by atoms with E-state index in [0.717, 1.165) is 26.2 Å². The van der Waals surface area contributed by atoms with Gasteiger partial charge in [-0.15, -0.1) is 0 Å². The Hall–Kier alpha value is -1.20. The summed E-state index contributed by atoms with van der Waals surface area (Å²) in [5, 5.41) is 1.97. The number of hydroxylamine groups is 2. The fourth-order valence-electron chi connectivity index (χ4n) is 3.04. The number of benzene rings is 1. The van der Waals surface area contributed by atoms with Gasteiger partial charge in [0.1, 0.15) is 11.6 Å². The summed E-state index contributed by atoms with van der Waals surface area (Å²) in [6, 6.07) is 2.85. The maximum atomic E-state index is 13.6. The molecule has 1 aromatic rings. The van der Waals surface area contributed by atoms with Crippen molar-refractivity contribution in [3.8, 4) is 0 Å². The van der Waals surface area contributed by atoms with Gasteiger partial charge in [0.05, 0.1) is 6.10 Å². The van der Waals surface area contributed by atoms with Crippen molar-refractivity contribution in [2.45, 2.75) is 26.9 Å². The molecular weight excluding hydrogens is 262 g/mol. The van der Waals surface area contributed by atoms with Gasteiger partial charge in [0.25, 0.3) is 0 Å². The number of nitrogens with zero attached hydrogens (tertiary/aromatic N) is 2. The lowest BCUT2D eigenvalue weighted by Crippen LogP contribution is -2.72. The molecule has 0 radical (unpaired) electrons. The monoisotopic (exact) mass is 282 g/mol. The zero-order chi connectivity index (χ0) is 14.5. The van der Waals surface area contributed by atoms with E-state index < -0.39 is 11.6 Å². The van der Waals surface area contributed by atoms with Crippen LogP contribution in [0.4, 0.5) is 14.5 Å². The number of hydrogen-bond acceptors (Lipinski definition) is 3. The van der Waals surface area contributed by atoms with Crippen LogP contribution in [0.1, 0.15) is 19.4 Å². The lowest BCUT2D eigenvalue weighted by molar-refractivity contribution is -0.273. The Bertz CT molecular complexity index is 496. The van der Waals surface area contributed by atoms with Crippen molar-refractivity contribution in [2.24, 2.45) is 5.41 Å². The van der Waals surface area contributed by atoms with Crippen molar-refractivity contribution >= 4 is 5.69 Å². The predicted octanol–water partition coefficient (Wildman–Crippen LogP) is 2.74. The normalized spacial score (nSPS) is 21.2. The van der Waals surface area contributed by atoms with E-state index in [2.05, 4.69) is 0 Å². The summed E-state index contributed by atoms with van der Waals surface area (Å²) in [5.74, 6) is -0.946. The molecule has 0 aliphatic carbocycles. The highest BCUT2D eigenvalue weighted by atomic mass is 19.1. The first-order valence-electron chi connectivity index (χ1n) is 7.01. The summed E-state index contributed by atoms with van der Waals surface area (Å²) in [5.41, 5.74) is 0.968. The highest BCUT2D eigenvalue weighted by molar-refractivity contribution is 5.52. The first-order valence-corrected chi connectivity index (χ1v) is 7.01. The van der Waals surface area contributed by atoms with E-state index >= 15 is 0 Å². The van der Waals surface area contributed by atoms with Crippen molar-refractivity contribution in [1.82, 2.24) is 5.06 Å². The molecule has 5 heteroatoms. The Labute approximate surface area is 118 Å². The van der Waals surface area contributed by atoms with Crippen LogP contribution in [0.25, 0.3) is 0 Å². The van der Waals surface area contributed by atoms with Gasteiger partial charge in [0.15, 0.2) is 0 Å². The molecule has 2 heterocycles. The maximum absolute atomic E-state index is 13.6. The number of halogens is 2. The Kier molecular flexibility index (Phi) is 3.21. The number of hydrogen-bond donors (Lipinski definition) is 0. The molecule has 2 fully saturated rings. The van der Waals surface area contributed by atoms with Gasteiger partial charge in [-0.25, -0.2) is 8.78 Å². The smallest absolute Gasteiger partial charge is 0.131 e. The molecular formula is C15H20F2N2O. The number of anilines is 1. The van der Waals surface area contributed by atoms with Crippen LogP contribution in [0.2, 0.25) is 0 Å². The fourth-order valence-corrected chi connectivity index (χ4v) is 3.04. The number of rotatable bonds is 3. The first-order chi connectivity index (χ1) is 9.38. The van der Waals surface area contributed by atoms with Gasteiger partial charge in [0, 0.05) is 42.8 Å². The van der Waals surface area contributed by atoms with E-state index in [0.29, 0.717) is 5.69 Å². The Balaban J connectivity index is 1.59. The van der Waals surface area contributed by atoms with E-state index in [1.165, 1.54) is 19.1 Å². The third-order valence-corrected chi connectivity index (χ3v) is 4.07. The minimum atomic E-state index is -0.473. The molecule has 1 spiro atoms. The second kappa shape index (κ2) is 4.67. The molecule has 2 saturated heterocycles. The summed E-state index contributed by atoms with van der Waals surface area (Å²) in [6.45, 7) is 8.96. The largest absolute Gasteiger partial charge is 0.370 e. The molecule has 0 N–H and O–H groups in total. The van der Waals surface area contributed by atoms with Crippen LogP contribution in [0, 0.1) is 24.0 Å². The minimum absolute atomic E-state index is 0.0872. The average molecular weight is 282 g/mol. The summed E-state index contributed by atoms with van der Waals surface area (Å²) >= 11 is 0. The highest BCUT2D eigenvalue weighted by Crippen LogP contribution is 2.42. The Morgan fingerprint density at radius 2 is 1.65 bits per heavy atom. The SMILES string of the molecule is Cc1c(F)cc(N2CC3(CN(OC(C)C)C3)C2)cc1F. The molecule has 0 atom stereocenters. The molecule has 3 nitrogen and oxygen atoms in total. The van der Waals surface area contributed by atoms with Crippen molar-refractivity contribution in [3.63, 3.8) is 0 Å². The van der Waals surface area contributed by atoms with Crippen LogP contribution in [-0.2, 0) is 4.84 Å². The van der Waals surface area contributed by atoms with Crippen molar-refractivity contribution in [1.29, 1.82) is 0 Å². The van der Waals surface area contributed by atoms with Crippen LogP contribution in [0.3, 0.4) is 0 Å². The van der Waals surface area contributed by atoms with Crippen molar-refractivity contribution in [3.05, 3.63) is 29.3 Å². The van der Waals surface area contributed by atoms with Gasteiger partial charge < -0.3 is 4.90 Å². The zero-order valence-electron chi connectivity index (χ0n) is 12.1. The van der Waals surface area contributed by atoms with Crippen LogP contribution in [0.5, 0.6) is 0 Å². The van der Waals surface area contributed by atoms with Crippen LogP contribution in [-0.4, -0.2) is 37.3 Å². The molecule has 1 aromatic carbocycles. The summed E-state index contributed by atoms with van der Waals surface area (Å²) in [6.07, 6.45) is 0.198. The van der Waals surface area contributed by atoms with Crippen LogP contribution in [0.15, 0.2) is 12.1 Å². The first kappa shape index (κ1) is 13.8. The van der Waals surface area contributed by atoms with Crippen molar-refractivity contribution in [2.75, 3.05) is 31.1 Å². The van der Waals surface area contributed by atoms with Crippen molar-refractivity contribution < 1.29 is 13.6 Å². The van der Waals surface area contributed by atoms with Gasteiger partial charge in [-0.2, -0.15) is 5.06 Å². The molecule has 110 valence electrons. The van der Waals surface area contributed by atoms with E-state index in [-0.39, 0.29) is 17.1 Å². The van der Waals surface area contributed by atoms with E-state index in [1.807, 2.05) is 23.8 Å². The molecule has 0 aromatic heterocycles. The molecule has 0 bridgehead atoms. The quantitative estimate of drug-likeness (QED) is 0.848. The third-order valence-electron chi connectivity index (χ3n) is 4.07. The minimum Gasteiger partial charge on any atom is -0.370 e. The Morgan fingerprint density at radius 1 is 1.10 bits per heavy atom. The summed E-state index contributed by atoms with van der Waals surface area (Å²) in [4.78, 5) is 7.63. The van der Waals surface area contributed by atoms with Gasteiger partial charge in [-0.3, -0.25) is 4.84 Å². The topological polar surface area (TPSA) is 15.7 Å². The molecule has 20 heavy (non-hydrogen) atoms. The van der Waals surface area contributed by atoms with E-state index in [9.17, 15) is 8.78 Å². The third kappa shape index (κ3) is 2.29. The molecule has 0 unspecified atom stereocenters. The zero-order valence-corrected chi connectivity index (χ0v) is 12.1. The molecule has 0 amide bonds. The second-order valence-electron chi connectivity index (χ2n) is 6.34. The van der Waals surface area contributed by atoms with Crippen LogP contribution < -0.4 is 4.90 Å². The van der Waals surface area contributed by atoms with Gasteiger partial charge >= 0.3 is 0 Å². The van der Waals surface area contributed by atoms with E-state index in [1.54, 1.807) is 0 Å². The van der Waals surface area contributed by atoms with Gasteiger partial charge in [-0.05, 0) is 32.9 Å². The lowest BCUT2D eigenvalue weighted by Gasteiger charge is -2.60. The summed E-state index contributed by atoms with van der Waals surface area (Å²) in [7, 11) is 0. The highest BCUT2D eigenvalue weighted by Gasteiger charge is 2.52. The maximum Gasteiger partial charge on any atom is 0.131 e. The lowest BCUT2D eigenvalue weighted by atomic mass is 9.74. The molecule has 2 aliphatic heterocycles. The van der Waals surface area contributed by atoms with Gasteiger partial charge in [0.2, 0.25) is 0 Å². The molecule has 2 aliphatic rings. The molecule has 0 saturated carbocycles. The average Bonchev–Trinajstić information content (AvgIpc) is 2.26. The molecule has 3 rings (SSSR count). The van der Waals surface area contributed by atoms with Crippen LogP contribution >= 0.6 is 0 Å².